The Morgan fingerprint density at radius 1 is 1.10 bits per heavy atom. The zero-order chi connectivity index (χ0) is 16.1. The third-order valence-corrected chi connectivity index (χ3v) is 2.94. The summed E-state index contributed by atoms with van der Waals surface area (Å²) in [4.78, 5) is 26.5. The van der Waals surface area contributed by atoms with Crippen LogP contribution in [0.4, 0.5) is 0 Å². The van der Waals surface area contributed by atoms with Gasteiger partial charge in [-0.3, -0.25) is 9.79 Å². The van der Waals surface area contributed by atoms with Crippen LogP contribution in [0.5, 0.6) is 0 Å². The van der Waals surface area contributed by atoms with E-state index < -0.39 is 12.0 Å². The van der Waals surface area contributed by atoms with Crippen LogP contribution in [-0.4, -0.2) is 42.1 Å². The first-order chi connectivity index (χ1) is 9.97. The van der Waals surface area contributed by atoms with E-state index >= 15 is 0 Å². The van der Waals surface area contributed by atoms with Gasteiger partial charge < -0.3 is 27.6 Å². The minimum Gasteiger partial charge on any atom is -0.480 e. The summed E-state index contributed by atoms with van der Waals surface area (Å²) in [6.45, 7) is 1.00. The summed E-state index contributed by atoms with van der Waals surface area (Å²) in [5, 5.41) is 11.6. The van der Waals surface area contributed by atoms with Crippen LogP contribution in [0, 0.1) is 0 Å². The number of guanidine groups is 1. The number of amides is 1. The van der Waals surface area contributed by atoms with Crippen molar-refractivity contribution in [3.63, 3.8) is 0 Å². The smallest absolute Gasteiger partial charge is 0.326 e. The Morgan fingerprint density at radius 2 is 1.76 bits per heavy atom. The van der Waals surface area contributed by atoms with Crippen LogP contribution in [0.15, 0.2) is 4.99 Å². The maximum Gasteiger partial charge on any atom is 0.326 e. The van der Waals surface area contributed by atoms with Gasteiger partial charge in [0.05, 0.1) is 0 Å². The summed E-state index contributed by atoms with van der Waals surface area (Å²) in [5.41, 5.74) is 15.7. The van der Waals surface area contributed by atoms with E-state index in [0.717, 1.165) is 25.7 Å². The van der Waals surface area contributed by atoms with Crippen molar-refractivity contribution in [2.45, 2.75) is 51.0 Å². The van der Waals surface area contributed by atoms with Crippen molar-refractivity contribution in [3.8, 4) is 0 Å². The highest BCUT2D eigenvalue weighted by Gasteiger charge is 2.18. The Bertz CT molecular complexity index is 343. The minimum atomic E-state index is -1.05. The number of unbranched alkanes of at least 4 members (excludes halogenated alkanes) is 3. The number of aliphatic imine (C=N–C) groups is 1. The Labute approximate surface area is 125 Å². The fraction of sp³-hybridized carbons (Fsp3) is 0.769. The van der Waals surface area contributed by atoms with E-state index in [0.29, 0.717) is 32.4 Å². The Morgan fingerprint density at radius 3 is 2.33 bits per heavy atom. The van der Waals surface area contributed by atoms with E-state index in [9.17, 15) is 9.59 Å². The molecular weight excluding hydrogens is 274 g/mol. The second kappa shape index (κ2) is 12.0. The molecule has 0 aromatic carbocycles. The molecule has 0 fully saturated rings. The lowest BCUT2D eigenvalue weighted by Crippen LogP contribution is -2.40. The van der Waals surface area contributed by atoms with Crippen LogP contribution in [-0.2, 0) is 9.59 Å². The van der Waals surface area contributed by atoms with Gasteiger partial charge in [-0.25, -0.2) is 4.79 Å². The number of carbonyl (C=O) groups excluding carboxylic acids is 1. The van der Waals surface area contributed by atoms with Gasteiger partial charge in [0, 0.05) is 13.0 Å². The van der Waals surface area contributed by atoms with Gasteiger partial charge in [-0.2, -0.15) is 0 Å². The molecule has 1 amide bonds. The second-order valence-corrected chi connectivity index (χ2v) is 4.86. The number of aliphatic carboxylic acids is 1. The van der Waals surface area contributed by atoms with E-state index in [1.165, 1.54) is 0 Å². The van der Waals surface area contributed by atoms with Crippen molar-refractivity contribution in [3.05, 3.63) is 0 Å². The minimum absolute atomic E-state index is 0.0246. The van der Waals surface area contributed by atoms with Crippen molar-refractivity contribution >= 4 is 17.8 Å². The standard InChI is InChI=1S/C13H27N5O3/c14-8-4-2-1-3-7-11(19)18-10(12(20)21)6-5-9-17-13(15)16/h10H,1-9,14H2,(H,18,19)(H,20,21)(H4,15,16,17). The molecule has 0 aliphatic heterocycles. The predicted octanol–water partition coefficient (Wildman–Crippen LogP) is -0.481. The molecule has 0 aliphatic carbocycles. The zero-order valence-corrected chi connectivity index (χ0v) is 12.4. The summed E-state index contributed by atoms with van der Waals surface area (Å²) in [5.74, 6) is -1.31. The molecule has 0 bridgehead atoms. The summed E-state index contributed by atoms with van der Waals surface area (Å²) < 4.78 is 0. The number of nitrogens with one attached hydrogen (secondary N) is 1. The SMILES string of the molecule is NCCCCCCC(=O)NC(CCCN=C(N)N)C(=O)O. The topological polar surface area (TPSA) is 157 Å². The van der Waals surface area contributed by atoms with Crippen molar-refractivity contribution in [1.82, 2.24) is 5.32 Å². The average molecular weight is 301 g/mol. The van der Waals surface area contributed by atoms with Gasteiger partial charge in [-0.1, -0.05) is 12.8 Å². The molecule has 0 spiro atoms. The molecular formula is C13H27N5O3. The number of rotatable bonds is 12. The molecule has 0 aromatic rings. The fourth-order valence-electron chi connectivity index (χ4n) is 1.81. The van der Waals surface area contributed by atoms with Crippen LogP contribution < -0.4 is 22.5 Å². The van der Waals surface area contributed by atoms with Crippen LogP contribution >= 0.6 is 0 Å². The molecule has 0 saturated carbocycles. The van der Waals surface area contributed by atoms with E-state index in [2.05, 4.69) is 10.3 Å². The lowest BCUT2D eigenvalue weighted by Gasteiger charge is -2.14. The summed E-state index contributed by atoms with van der Waals surface area (Å²) in [7, 11) is 0. The lowest BCUT2D eigenvalue weighted by atomic mass is 10.1. The van der Waals surface area contributed by atoms with Crippen molar-refractivity contribution in [1.29, 1.82) is 0 Å². The molecule has 1 unspecified atom stereocenters. The molecule has 0 radical (unpaired) electrons. The fourth-order valence-corrected chi connectivity index (χ4v) is 1.81. The van der Waals surface area contributed by atoms with Gasteiger partial charge in [0.1, 0.15) is 6.04 Å². The molecule has 8 N–H and O–H groups in total. The first kappa shape index (κ1) is 19.2. The predicted molar refractivity (Wildman–Crippen MR) is 81.6 cm³/mol. The van der Waals surface area contributed by atoms with Crippen LogP contribution in [0.1, 0.15) is 44.9 Å². The van der Waals surface area contributed by atoms with Gasteiger partial charge in [0.2, 0.25) is 5.91 Å². The van der Waals surface area contributed by atoms with Crippen molar-refractivity contribution < 1.29 is 14.7 Å². The monoisotopic (exact) mass is 301 g/mol. The van der Waals surface area contributed by atoms with Crippen LogP contribution in [0.3, 0.4) is 0 Å². The third-order valence-electron chi connectivity index (χ3n) is 2.94. The highest BCUT2D eigenvalue weighted by atomic mass is 16.4. The summed E-state index contributed by atoms with van der Waals surface area (Å²) in [6, 6.07) is -0.893. The number of nitrogens with two attached hydrogens (primary N) is 3. The molecule has 1 atom stereocenters. The molecule has 0 aromatic heterocycles. The van der Waals surface area contributed by atoms with E-state index in [4.69, 9.17) is 22.3 Å². The number of hydrogen-bond donors (Lipinski definition) is 5. The second-order valence-electron chi connectivity index (χ2n) is 4.86. The van der Waals surface area contributed by atoms with Gasteiger partial charge in [-0.15, -0.1) is 0 Å². The van der Waals surface area contributed by atoms with E-state index in [1.807, 2.05) is 0 Å². The molecule has 8 nitrogen and oxygen atoms in total. The highest BCUT2D eigenvalue weighted by molar-refractivity contribution is 5.83. The number of hydrogen-bond acceptors (Lipinski definition) is 4. The summed E-state index contributed by atoms with van der Waals surface area (Å²) >= 11 is 0. The number of nitrogens with zero attached hydrogens (tertiary/aromatic N) is 1. The molecule has 0 saturated heterocycles. The molecule has 21 heavy (non-hydrogen) atoms. The van der Waals surface area contributed by atoms with Crippen molar-refractivity contribution in [2.75, 3.05) is 13.1 Å². The number of carboxylic acid groups (broad SMARTS) is 1. The number of carbonyl (C=O) groups is 2. The van der Waals surface area contributed by atoms with Crippen molar-refractivity contribution in [2.24, 2.45) is 22.2 Å². The van der Waals surface area contributed by atoms with Crippen LogP contribution in [0.2, 0.25) is 0 Å². The largest absolute Gasteiger partial charge is 0.480 e. The lowest BCUT2D eigenvalue weighted by molar-refractivity contribution is -0.142. The molecule has 0 rings (SSSR count). The normalized spacial score (nSPS) is 11.7. The van der Waals surface area contributed by atoms with Gasteiger partial charge in [-0.05, 0) is 32.2 Å². The van der Waals surface area contributed by atoms with Gasteiger partial charge in [0.25, 0.3) is 0 Å². The zero-order valence-electron chi connectivity index (χ0n) is 12.4. The third kappa shape index (κ3) is 11.7. The Kier molecular flexibility index (Phi) is 10.9. The quantitative estimate of drug-likeness (QED) is 0.186. The summed E-state index contributed by atoms with van der Waals surface area (Å²) in [6.07, 6.45) is 4.73. The maximum atomic E-state index is 11.7. The molecule has 122 valence electrons. The average Bonchev–Trinajstić information content (AvgIpc) is 2.41. The molecule has 0 heterocycles. The first-order valence-electron chi connectivity index (χ1n) is 7.25. The Balaban J connectivity index is 3.93. The Hall–Kier alpha value is -1.83. The maximum absolute atomic E-state index is 11.7. The van der Waals surface area contributed by atoms with E-state index in [-0.39, 0.29) is 11.9 Å². The molecule has 0 aliphatic rings. The van der Waals surface area contributed by atoms with Crippen LogP contribution in [0.25, 0.3) is 0 Å². The van der Waals surface area contributed by atoms with Gasteiger partial charge >= 0.3 is 5.97 Å². The highest BCUT2D eigenvalue weighted by Crippen LogP contribution is 2.04. The number of carboxylic acids is 1. The first-order valence-corrected chi connectivity index (χ1v) is 7.25. The van der Waals surface area contributed by atoms with E-state index in [1.54, 1.807) is 0 Å². The van der Waals surface area contributed by atoms with Gasteiger partial charge in [0.15, 0.2) is 5.96 Å². The molecule has 8 heteroatoms.